The summed E-state index contributed by atoms with van der Waals surface area (Å²) in [5.74, 6) is -1.03. The molecule has 0 aromatic heterocycles. The second-order valence-corrected chi connectivity index (χ2v) is 4.33. The predicted octanol–water partition coefficient (Wildman–Crippen LogP) is 1.31. The maximum absolute atomic E-state index is 11.5. The van der Waals surface area contributed by atoms with Crippen LogP contribution in [-0.2, 0) is 14.3 Å². The number of alkyl carbamates (subject to hydrolysis) is 1. The molecule has 0 aromatic carbocycles. The van der Waals surface area contributed by atoms with Gasteiger partial charge in [-0.1, -0.05) is 12.7 Å². The van der Waals surface area contributed by atoms with Crippen LogP contribution in [0, 0.1) is 0 Å². The third-order valence-electron chi connectivity index (χ3n) is 3.20. The molecule has 102 valence electrons. The number of hydrogen-bond donors (Lipinski definition) is 2. The predicted molar refractivity (Wildman–Crippen MR) is 64.3 cm³/mol. The second kappa shape index (κ2) is 6.39. The van der Waals surface area contributed by atoms with E-state index in [2.05, 4.69) is 11.9 Å². The highest BCUT2D eigenvalue weighted by Crippen LogP contribution is 2.30. The lowest BCUT2D eigenvalue weighted by Gasteiger charge is -2.36. The van der Waals surface area contributed by atoms with E-state index in [-0.39, 0.29) is 12.7 Å². The molecule has 1 saturated carbocycles. The minimum Gasteiger partial charge on any atom is -0.480 e. The van der Waals surface area contributed by atoms with Crippen LogP contribution in [0.1, 0.15) is 25.7 Å². The number of aliphatic carboxylic acids is 1. The Bertz CT molecular complexity index is 320. The van der Waals surface area contributed by atoms with Gasteiger partial charge in [0.1, 0.15) is 12.1 Å². The maximum Gasteiger partial charge on any atom is 0.408 e. The van der Waals surface area contributed by atoms with E-state index in [0.29, 0.717) is 25.7 Å². The minimum absolute atomic E-state index is 0.0578. The Morgan fingerprint density at radius 3 is 2.56 bits per heavy atom. The molecule has 0 spiro atoms. The SMILES string of the molecule is C=CCOC(=O)NC1(C(=O)O)CCC(OC)CC1. The van der Waals surface area contributed by atoms with Crippen molar-refractivity contribution >= 4 is 12.1 Å². The van der Waals surface area contributed by atoms with Gasteiger partial charge < -0.3 is 19.9 Å². The first-order valence-corrected chi connectivity index (χ1v) is 5.86. The summed E-state index contributed by atoms with van der Waals surface area (Å²) < 4.78 is 9.94. The normalized spacial score (nSPS) is 27.3. The summed E-state index contributed by atoms with van der Waals surface area (Å²) in [5, 5.41) is 11.7. The van der Waals surface area contributed by atoms with E-state index >= 15 is 0 Å². The van der Waals surface area contributed by atoms with Crippen LogP contribution in [0.3, 0.4) is 0 Å². The Balaban J connectivity index is 2.62. The molecular weight excluding hydrogens is 238 g/mol. The summed E-state index contributed by atoms with van der Waals surface area (Å²) in [6.07, 6.45) is 2.63. The first kappa shape index (κ1) is 14.5. The van der Waals surface area contributed by atoms with Gasteiger partial charge in [-0.3, -0.25) is 0 Å². The molecule has 6 nitrogen and oxygen atoms in total. The lowest BCUT2D eigenvalue weighted by atomic mass is 9.80. The molecule has 1 fully saturated rings. The van der Waals surface area contributed by atoms with E-state index in [1.165, 1.54) is 6.08 Å². The van der Waals surface area contributed by atoms with Crippen LogP contribution in [-0.4, -0.2) is 42.5 Å². The molecule has 6 heteroatoms. The van der Waals surface area contributed by atoms with Gasteiger partial charge in [-0.15, -0.1) is 0 Å². The number of ether oxygens (including phenoxy) is 2. The van der Waals surface area contributed by atoms with Crippen molar-refractivity contribution < 1.29 is 24.2 Å². The van der Waals surface area contributed by atoms with E-state index in [4.69, 9.17) is 9.47 Å². The number of nitrogens with one attached hydrogen (secondary N) is 1. The average Bonchev–Trinajstić information content (AvgIpc) is 2.37. The Hall–Kier alpha value is -1.56. The third kappa shape index (κ3) is 3.46. The first-order chi connectivity index (χ1) is 8.54. The minimum atomic E-state index is -1.24. The number of rotatable bonds is 5. The Morgan fingerprint density at radius 2 is 2.11 bits per heavy atom. The van der Waals surface area contributed by atoms with Crippen molar-refractivity contribution in [1.82, 2.24) is 5.32 Å². The second-order valence-electron chi connectivity index (χ2n) is 4.33. The molecule has 0 heterocycles. The van der Waals surface area contributed by atoms with Crippen LogP contribution in [0.2, 0.25) is 0 Å². The Kier molecular flexibility index (Phi) is 5.15. The van der Waals surface area contributed by atoms with Gasteiger partial charge in [-0.25, -0.2) is 9.59 Å². The fraction of sp³-hybridized carbons (Fsp3) is 0.667. The number of carboxylic acid groups (broad SMARTS) is 1. The summed E-state index contributed by atoms with van der Waals surface area (Å²) >= 11 is 0. The van der Waals surface area contributed by atoms with Crippen LogP contribution in [0.25, 0.3) is 0 Å². The molecule has 0 aliphatic heterocycles. The molecule has 2 N–H and O–H groups in total. The molecule has 0 bridgehead atoms. The zero-order chi connectivity index (χ0) is 13.6. The fourth-order valence-corrected chi connectivity index (χ4v) is 2.08. The first-order valence-electron chi connectivity index (χ1n) is 5.86. The highest BCUT2D eigenvalue weighted by atomic mass is 16.5. The van der Waals surface area contributed by atoms with Crippen LogP contribution in [0.15, 0.2) is 12.7 Å². The van der Waals surface area contributed by atoms with Gasteiger partial charge in [-0.2, -0.15) is 0 Å². The molecular formula is C12H19NO5. The van der Waals surface area contributed by atoms with E-state index in [9.17, 15) is 14.7 Å². The number of hydrogen-bond acceptors (Lipinski definition) is 4. The van der Waals surface area contributed by atoms with Gasteiger partial charge in [0.25, 0.3) is 0 Å². The van der Waals surface area contributed by atoms with Crippen LogP contribution >= 0.6 is 0 Å². The molecule has 1 aliphatic carbocycles. The number of carbonyl (C=O) groups is 2. The smallest absolute Gasteiger partial charge is 0.408 e. The van der Waals surface area contributed by atoms with Crippen molar-refractivity contribution in [2.24, 2.45) is 0 Å². The summed E-state index contributed by atoms with van der Waals surface area (Å²) in [6, 6.07) is 0. The highest BCUT2D eigenvalue weighted by Gasteiger charge is 2.43. The molecule has 0 unspecified atom stereocenters. The molecule has 18 heavy (non-hydrogen) atoms. The van der Waals surface area contributed by atoms with Crippen LogP contribution in [0.5, 0.6) is 0 Å². The quantitative estimate of drug-likeness (QED) is 0.725. The highest BCUT2D eigenvalue weighted by molar-refractivity contribution is 5.84. The molecule has 0 aromatic rings. The molecule has 1 rings (SSSR count). The van der Waals surface area contributed by atoms with Gasteiger partial charge >= 0.3 is 12.1 Å². The molecule has 0 atom stereocenters. The number of carbonyl (C=O) groups excluding carboxylic acids is 1. The topological polar surface area (TPSA) is 84.9 Å². The number of carboxylic acids is 1. The number of methoxy groups -OCH3 is 1. The van der Waals surface area contributed by atoms with E-state index in [0.717, 1.165) is 0 Å². The van der Waals surface area contributed by atoms with Crippen molar-refractivity contribution in [3.8, 4) is 0 Å². The lowest BCUT2D eigenvalue weighted by Crippen LogP contribution is -2.57. The zero-order valence-electron chi connectivity index (χ0n) is 10.5. The zero-order valence-corrected chi connectivity index (χ0v) is 10.5. The summed E-state index contributed by atoms with van der Waals surface area (Å²) in [6.45, 7) is 3.47. The van der Waals surface area contributed by atoms with Crippen LogP contribution < -0.4 is 5.32 Å². The van der Waals surface area contributed by atoms with Gasteiger partial charge in [0.2, 0.25) is 0 Å². The van der Waals surface area contributed by atoms with Crippen molar-refractivity contribution in [3.05, 3.63) is 12.7 Å². The third-order valence-corrected chi connectivity index (χ3v) is 3.20. The largest absolute Gasteiger partial charge is 0.480 e. The summed E-state index contributed by atoms with van der Waals surface area (Å²) in [4.78, 5) is 22.8. The van der Waals surface area contributed by atoms with Gasteiger partial charge in [-0.05, 0) is 25.7 Å². The van der Waals surface area contributed by atoms with Gasteiger partial charge in [0, 0.05) is 7.11 Å². The van der Waals surface area contributed by atoms with E-state index in [1.807, 2.05) is 0 Å². The van der Waals surface area contributed by atoms with Crippen molar-refractivity contribution in [2.75, 3.05) is 13.7 Å². The van der Waals surface area contributed by atoms with Gasteiger partial charge in [0.15, 0.2) is 0 Å². The number of amides is 1. The monoisotopic (exact) mass is 257 g/mol. The van der Waals surface area contributed by atoms with Crippen molar-refractivity contribution in [2.45, 2.75) is 37.3 Å². The Labute approximate surface area is 106 Å². The van der Waals surface area contributed by atoms with Gasteiger partial charge in [0.05, 0.1) is 6.10 Å². The van der Waals surface area contributed by atoms with Crippen LogP contribution in [0.4, 0.5) is 4.79 Å². The lowest BCUT2D eigenvalue weighted by molar-refractivity contribution is -0.147. The average molecular weight is 257 g/mol. The van der Waals surface area contributed by atoms with Crippen molar-refractivity contribution in [1.29, 1.82) is 0 Å². The van der Waals surface area contributed by atoms with E-state index < -0.39 is 17.6 Å². The molecule has 1 aliphatic rings. The molecule has 0 saturated heterocycles. The standard InChI is InChI=1S/C12H19NO5/c1-3-8-18-11(16)13-12(10(14)15)6-4-9(17-2)5-7-12/h3,9H,1,4-8H2,2H3,(H,13,16)(H,14,15). The van der Waals surface area contributed by atoms with E-state index in [1.54, 1.807) is 7.11 Å². The fourth-order valence-electron chi connectivity index (χ4n) is 2.08. The molecule has 1 amide bonds. The maximum atomic E-state index is 11.5. The summed E-state index contributed by atoms with van der Waals surface area (Å²) in [5.41, 5.74) is -1.24. The Morgan fingerprint density at radius 1 is 1.50 bits per heavy atom. The summed E-state index contributed by atoms with van der Waals surface area (Å²) in [7, 11) is 1.60. The van der Waals surface area contributed by atoms with Crippen molar-refractivity contribution in [3.63, 3.8) is 0 Å². The molecule has 0 radical (unpaired) electrons.